The Bertz CT molecular complexity index is 1020. The number of hydrogen-bond donors (Lipinski definition) is 0. The van der Waals surface area contributed by atoms with Gasteiger partial charge in [0, 0.05) is 30.4 Å². The zero-order valence-corrected chi connectivity index (χ0v) is 14.1. The Balaban J connectivity index is 1.87. The Kier molecular flexibility index (Phi) is 3.84. The standard InChI is InChI=1S/C20H19N3O2/c1-2-22-18-15(8-5-11-21-18)13-16(19(22)24)20(25)23-12-6-9-14-7-3-4-10-17(14)23/h3-5,7-8,10-11,13H,2,6,9,12H2,1H3. The zero-order chi connectivity index (χ0) is 17.4. The van der Waals surface area contributed by atoms with Crippen LogP contribution in [0.5, 0.6) is 0 Å². The molecule has 0 aliphatic carbocycles. The summed E-state index contributed by atoms with van der Waals surface area (Å²) in [5.74, 6) is -0.231. The molecular weight excluding hydrogens is 314 g/mol. The second-order valence-electron chi connectivity index (χ2n) is 6.21. The molecule has 0 saturated heterocycles. The van der Waals surface area contributed by atoms with Gasteiger partial charge < -0.3 is 4.90 Å². The molecule has 0 bridgehead atoms. The predicted octanol–water partition coefficient (Wildman–Crippen LogP) is 3.01. The number of pyridine rings is 2. The molecule has 1 aliphatic heterocycles. The van der Waals surface area contributed by atoms with E-state index in [2.05, 4.69) is 4.98 Å². The van der Waals surface area contributed by atoms with E-state index in [0.717, 1.165) is 29.5 Å². The number of carbonyl (C=O) groups is 1. The van der Waals surface area contributed by atoms with Crippen LogP contribution in [0, 0.1) is 0 Å². The molecule has 126 valence electrons. The Hall–Kier alpha value is -2.95. The summed E-state index contributed by atoms with van der Waals surface area (Å²) in [6, 6.07) is 13.3. The van der Waals surface area contributed by atoms with Gasteiger partial charge in [0.05, 0.1) is 0 Å². The number of fused-ring (bicyclic) bond motifs is 2. The predicted molar refractivity (Wildman–Crippen MR) is 98.1 cm³/mol. The second kappa shape index (κ2) is 6.16. The van der Waals surface area contributed by atoms with Crippen LogP contribution in [0.2, 0.25) is 0 Å². The van der Waals surface area contributed by atoms with Gasteiger partial charge in [-0.25, -0.2) is 4.98 Å². The summed E-state index contributed by atoms with van der Waals surface area (Å²) >= 11 is 0. The zero-order valence-electron chi connectivity index (χ0n) is 14.1. The number of carbonyl (C=O) groups excluding carboxylic acids is 1. The number of amides is 1. The molecule has 0 N–H and O–H groups in total. The normalized spacial score (nSPS) is 13.7. The largest absolute Gasteiger partial charge is 0.308 e. The van der Waals surface area contributed by atoms with Gasteiger partial charge in [0.1, 0.15) is 11.2 Å². The summed E-state index contributed by atoms with van der Waals surface area (Å²) in [5, 5.41) is 0.803. The molecule has 0 spiro atoms. The molecule has 4 rings (SSSR count). The third-order valence-electron chi connectivity index (χ3n) is 4.75. The fraction of sp³-hybridized carbons (Fsp3) is 0.250. The molecule has 1 amide bonds. The van der Waals surface area contributed by atoms with Crippen LogP contribution in [0.15, 0.2) is 53.5 Å². The van der Waals surface area contributed by atoms with Crippen molar-refractivity contribution in [3.8, 4) is 0 Å². The van der Waals surface area contributed by atoms with Gasteiger partial charge in [0.15, 0.2) is 0 Å². The van der Waals surface area contributed by atoms with Crippen molar-refractivity contribution in [3.63, 3.8) is 0 Å². The van der Waals surface area contributed by atoms with Crippen molar-refractivity contribution < 1.29 is 4.79 Å². The Morgan fingerprint density at radius 2 is 2.04 bits per heavy atom. The minimum atomic E-state index is -0.276. The molecule has 3 aromatic rings. The number of aryl methyl sites for hydroxylation is 2. The number of benzene rings is 1. The van der Waals surface area contributed by atoms with Gasteiger partial charge in [-0.3, -0.25) is 14.2 Å². The van der Waals surface area contributed by atoms with Crippen molar-refractivity contribution in [1.82, 2.24) is 9.55 Å². The van der Waals surface area contributed by atoms with Crippen molar-refractivity contribution in [2.45, 2.75) is 26.3 Å². The molecular formula is C20H19N3O2. The molecule has 2 aromatic heterocycles. The fourth-order valence-corrected chi connectivity index (χ4v) is 3.54. The van der Waals surface area contributed by atoms with Crippen LogP contribution in [0.25, 0.3) is 11.0 Å². The van der Waals surface area contributed by atoms with Crippen LogP contribution in [-0.4, -0.2) is 22.0 Å². The summed E-state index contributed by atoms with van der Waals surface area (Å²) in [4.78, 5) is 32.1. The molecule has 3 heterocycles. The molecule has 5 heteroatoms. The minimum absolute atomic E-state index is 0.207. The molecule has 25 heavy (non-hydrogen) atoms. The van der Waals surface area contributed by atoms with E-state index in [1.807, 2.05) is 43.3 Å². The van der Waals surface area contributed by atoms with Crippen molar-refractivity contribution in [2.24, 2.45) is 0 Å². The Labute approximate surface area is 145 Å². The first kappa shape index (κ1) is 15.6. The maximum absolute atomic E-state index is 13.2. The van der Waals surface area contributed by atoms with Gasteiger partial charge in [-0.2, -0.15) is 0 Å². The first-order valence-electron chi connectivity index (χ1n) is 8.59. The van der Waals surface area contributed by atoms with Crippen LogP contribution in [-0.2, 0) is 13.0 Å². The number of nitrogens with zero attached hydrogens (tertiary/aromatic N) is 3. The molecule has 0 saturated carbocycles. The molecule has 0 unspecified atom stereocenters. The summed E-state index contributed by atoms with van der Waals surface area (Å²) in [5.41, 5.74) is 2.61. The van der Waals surface area contributed by atoms with Gasteiger partial charge in [0.25, 0.3) is 11.5 Å². The number of hydrogen-bond acceptors (Lipinski definition) is 3. The third kappa shape index (κ3) is 2.52. The van der Waals surface area contributed by atoms with E-state index in [9.17, 15) is 9.59 Å². The average Bonchev–Trinajstić information content (AvgIpc) is 2.66. The lowest BCUT2D eigenvalue weighted by Crippen LogP contribution is -2.39. The number of anilines is 1. The molecule has 0 radical (unpaired) electrons. The maximum atomic E-state index is 13.2. The quantitative estimate of drug-likeness (QED) is 0.724. The van der Waals surface area contributed by atoms with Gasteiger partial charge in [-0.15, -0.1) is 0 Å². The molecule has 0 atom stereocenters. The highest BCUT2D eigenvalue weighted by atomic mass is 16.2. The summed E-state index contributed by atoms with van der Waals surface area (Å²) in [6.07, 6.45) is 3.52. The van der Waals surface area contributed by atoms with E-state index in [1.165, 1.54) is 0 Å². The van der Waals surface area contributed by atoms with E-state index in [-0.39, 0.29) is 17.0 Å². The second-order valence-corrected chi connectivity index (χ2v) is 6.21. The number of rotatable bonds is 2. The topological polar surface area (TPSA) is 55.2 Å². The van der Waals surface area contributed by atoms with Crippen molar-refractivity contribution in [2.75, 3.05) is 11.4 Å². The lowest BCUT2D eigenvalue weighted by molar-refractivity contribution is 0.0983. The van der Waals surface area contributed by atoms with Gasteiger partial charge in [-0.05, 0) is 49.6 Å². The highest BCUT2D eigenvalue weighted by Gasteiger charge is 2.26. The van der Waals surface area contributed by atoms with E-state index in [4.69, 9.17) is 0 Å². The smallest absolute Gasteiger partial charge is 0.265 e. The van der Waals surface area contributed by atoms with Gasteiger partial charge in [0.2, 0.25) is 0 Å². The van der Waals surface area contributed by atoms with Gasteiger partial charge >= 0.3 is 0 Å². The van der Waals surface area contributed by atoms with E-state index in [0.29, 0.717) is 18.7 Å². The highest BCUT2D eigenvalue weighted by molar-refractivity contribution is 6.07. The SMILES string of the molecule is CCn1c(=O)c(C(=O)N2CCCc3ccccc32)cc2cccnc21. The average molecular weight is 333 g/mol. The third-order valence-corrected chi connectivity index (χ3v) is 4.75. The van der Waals surface area contributed by atoms with Crippen molar-refractivity contribution in [1.29, 1.82) is 0 Å². The van der Waals surface area contributed by atoms with Crippen LogP contribution >= 0.6 is 0 Å². The lowest BCUT2D eigenvalue weighted by atomic mass is 10.0. The summed E-state index contributed by atoms with van der Waals surface area (Å²) < 4.78 is 1.57. The lowest BCUT2D eigenvalue weighted by Gasteiger charge is -2.29. The molecule has 5 nitrogen and oxygen atoms in total. The van der Waals surface area contributed by atoms with Crippen LogP contribution in [0.3, 0.4) is 0 Å². The monoisotopic (exact) mass is 333 g/mol. The van der Waals surface area contributed by atoms with Crippen LogP contribution < -0.4 is 10.5 Å². The summed E-state index contributed by atoms with van der Waals surface area (Å²) in [6.45, 7) is 3.00. The maximum Gasteiger partial charge on any atom is 0.265 e. The minimum Gasteiger partial charge on any atom is -0.308 e. The van der Waals surface area contributed by atoms with Crippen molar-refractivity contribution in [3.05, 3.63) is 70.1 Å². The van der Waals surface area contributed by atoms with E-state index in [1.54, 1.807) is 21.7 Å². The highest BCUT2D eigenvalue weighted by Crippen LogP contribution is 2.28. The van der Waals surface area contributed by atoms with Crippen LogP contribution in [0.1, 0.15) is 29.3 Å². The van der Waals surface area contributed by atoms with E-state index >= 15 is 0 Å². The Morgan fingerprint density at radius 1 is 1.20 bits per heavy atom. The molecule has 1 aliphatic rings. The molecule has 1 aromatic carbocycles. The summed E-state index contributed by atoms with van der Waals surface area (Å²) in [7, 11) is 0. The van der Waals surface area contributed by atoms with Gasteiger partial charge in [-0.1, -0.05) is 18.2 Å². The fourth-order valence-electron chi connectivity index (χ4n) is 3.54. The first-order valence-corrected chi connectivity index (χ1v) is 8.59. The molecule has 0 fully saturated rings. The van der Waals surface area contributed by atoms with Crippen LogP contribution in [0.4, 0.5) is 5.69 Å². The van der Waals surface area contributed by atoms with Crippen molar-refractivity contribution >= 4 is 22.6 Å². The van der Waals surface area contributed by atoms with E-state index < -0.39 is 0 Å². The first-order chi connectivity index (χ1) is 12.2. The number of para-hydroxylation sites is 1. The Morgan fingerprint density at radius 3 is 2.88 bits per heavy atom. The number of aromatic nitrogens is 2.